The summed E-state index contributed by atoms with van der Waals surface area (Å²) in [5.41, 5.74) is 0. The van der Waals surface area contributed by atoms with E-state index in [1.165, 1.54) is 15.9 Å². The summed E-state index contributed by atoms with van der Waals surface area (Å²) in [6.07, 6.45) is 0. The summed E-state index contributed by atoms with van der Waals surface area (Å²) in [6, 6.07) is 32.3. The molecule has 0 saturated heterocycles. The van der Waals surface area contributed by atoms with E-state index in [0.717, 1.165) is 0 Å². The van der Waals surface area contributed by atoms with Gasteiger partial charge in [0.15, 0.2) is 0 Å². The van der Waals surface area contributed by atoms with Crippen LogP contribution in [0.2, 0.25) is 0 Å². The molecule has 0 fully saturated rings. The van der Waals surface area contributed by atoms with Crippen molar-refractivity contribution in [3.63, 3.8) is 0 Å². The number of halogens is 4. The van der Waals surface area contributed by atoms with Crippen molar-refractivity contribution in [2.75, 3.05) is 0 Å². The first kappa shape index (κ1) is 20.4. The SMILES string of the molecule is [Cl][Sn]([Cl])([Cl])[Cl].c1ccc(P(c2ccccc2)c2ccccc2)cc1. The van der Waals surface area contributed by atoms with E-state index in [4.69, 9.17) is 35.7 Å². The van der Waals surface area contributed by atoms with E-state index in [1.54, 1.807) is 0 Å². The van der Waals surface area contributed by atoms with Crippen LogP contribution in [0.1, 0.15) is 0 Å². The maximum absolute atomic E-state index is 5.04. The second-order valence-electron chi connectivity index (χ2n) is 4.77. The molecule has 0 saturated carbocycles. The second-order valence-corrected chi connectivity index (χ2v) is 32.4. The van der Waals surface area contributed by atoms with Gasteiger partial charge in [0.2, 0.25) is 0 Å². The van der Waals surface area contributed by atoms with Crippen LogP contribution >= 0.6 is 43.6 Å². The number of hydrogen-bond donors (Lipinski definition) is 0. The van der Waals surface area contributed by atoms with E-state index >= 15 is 0 Å². The van der Waals surface area contributed by atoms with Crippen molar-refractivity contribution in [1.29, 1.82) is 0 Å². The maximum atomic E-state index is 5.04. The molecule has 0 spiro atoms. The largest absolute Gasteiger partial charge is 0.0622 e. The molecule has 3 aromatic carbocycles. The average Bonchev–Trinajstić information content (AvgIpc) is 2.57. The van der Waals surface area contributed by atoms with Gasteiger partial charge in [0.05, 0.1) is 0 Å². The van der Waals surface area contributed by atoms with Gasteiger partial charge in [-0.15, -0.1) is 0 Å². The minimum Gasteiger partial charge on any atom is -0.0622 e. The van der Waals surface area contributed by atoms with E-state index in [1.807, 2.05) is 0 Å². The Morgan fingerprint density at radius 2 is 0.667 bits per heavy atom. The molecule has 0 nitrogen and oxygen atoms in total. The first-order valence-electron chi connectivity index (χ1n) is 7.16. The molecule has 0 aromatic heterocycles. The molecular weight excluding hydrogens is 508 g/mol. The van der Waals surface area contributed by atoms with Gasteiger partial charge in [-0.1, -0.05) is 91.0 Å². The maximum Gasteiger partial charge on any atom is -0.0134 e. The standard InChI is InChI=1S/C18H15P.4ClH.Sn/c1-4-10-16(11-5-1)19(17-12-6-2-7-13-17)18-14-8-3-9-15-18;;;;;/h1-15H;4*1H;/q;;;;;+4/p-4. The molecule has 0 heterocycles. The fraction of sp³-hybridized carbons (Fsp3) is 0. The van der Waals surface area contributed by atoms with Crippen molar-refractivity contribution in [2.24, 2.45) is 0 Å². The number of rotatable bonds is 3. The normalized spacial score (nSPS) is 10.9. The number of benzene rings is 3. The van der Waals surface area contributed by atoms with Gasteiger partial charge in [0.25, 0.3) is 0 Å². The first-order valence-corrected chi connectivity index (χ1v) is 23.0. The minimum atomic E-state index is -3.29. The van der Waals surface area contributed by atoms with Crippen LogP contribution in [0.3, 0.4) is 0 Å². The third-order valence-corrected chi connectivity index (χ3v) is 5.49. The summed E-state index contributed by atoms with van der Waals surface area (Å²) in [5.74, 6) is 0. The third-order valence-electron chi connectivity index (χ3n) is 3.04. The van der Waals surface area contributed by atoms with Gasteiger partial charge in [-0.05, 0) is 23.8 Å². The van der Waals surface area contributed by atoms with Crippen molar-refractivity contribution >= 4 is 73.4 Å². The van der Waals surface area contributed by atoms with Gasteiger partial charge in [-0.3, -0.25) is 0 Å². The van der Waals surface area contributed by atoms with Crippen LogP contribution in [0.5, 0.6) is 0 Å². The van der Waals surface area contributed by atoms with Gasteiger partial charge >= 0.3 is 49.6 Å². The molecule has 0 aliphatic heterocycles. The molecular formula is C18H15Cl4PSn. The van der Waals surface area contributed by atoms with E-state index in [0.29, 0.717) is 0 Å². The Hall–Kier alpha value is 0.0487. The second kappa shape index (κ2) is 10.3. The summed E-state index contributed by atoms with van der Waals surface area (Å²) in [5, 5.41) is 4.19. The molecule has 0 radical (unpaired) electrons. The van der Waals surface area contributed by atoms with Crippen LogP contribution < -0.4 is 15.9 Å². The van der Waals surface area contributed by atoms with Crippen LogP contribution in [0.25, 0.3) is 0 Å². The predicted molar refractivity (Wildman–Crippen MR) is 114 cm³/mol. The Balaban J connectivity index is 0.000000368. The zero-order chi connectivity index (χ0) is 17.4. The fourth-order valence-electron chi connectivity index (χ4n) is 2.18. The quantitative estimate of drug-likeness (QED) is 0.300. The van der Waals surface area contributed by atoms with E-state index in [-0.39, 0.29) is 0 Å². The molecule has 0 amide bonds. The summed E-state index contributed by atoms with van der Waals surface area (Å²) in [6.45, 7) is 0. The fourth-order valence-corrected chi connectivity index (χ4v) is 4.48. The Kier molecular flexibility index (Phi) is 8.70. The molecule has 0 aliphatic rings. The summed E-state index contributed by atoms with van der Waals surface area (Å²) in [7, 11) is 19.7. The Morgan fingerprint density at radius 3 is 0.875 bits per heavy atom. The van der Waals surface area contributed by atoms with Crippen molar-refractivity contribution in [1.82, 2.24) is 0 Å². The minimum absolute atomic E-state index is 0.446. The first-order chi connectivity index (χ1) is 11.4. The summed E-state index contributed by atoms with van der Waals surface area (Å²) < 4.78 is 0. The molecule has 0 atom stereocenters. The zero-order valence-corrected chi connectivity index (χ0v) is 19.4. The molecule has 3 rings (SSSR count). The predicted octanol–water partition coefficient (Wildman–Crippen LogP) is 5.82. The molecule has 3 aromatic rings. The topological polar surface area (TPSA) is 0 Å². The van der Waals surface area contributed by atoms with Crippen molar-refractivity contribution in [3.05, 3.63) is 91.0 Å². The van der Waals surface area contributed by atoms with E-state index in [2.05, 4.69) is 91.0 Å². The summed E-state index contributed by atoms with van der Waals surface area (Å²) >= 11 is -3.29. The average molecular weight is 523 g/mol. The van der Waals surface area contributed by atoms with Gasteiger partial charge in [-0.2, -0.15) is 0 Å². The van der Waals surface area contributed by atoms with Crippen LogP contribution in [0.15, 0.2) is 91.0 Å². The molecule has 0 N–H and O–H groups in total. The molecule has 124 valence electrons. The molecule has 0 unspecified atom stereocenters. The van der Waals surface area contributed by atoms with Crippen molar-refractivity contribution in [2.45, 2.75) is 0 Å². The van der Waals surface area contributed by atoms with Gasteiger partial charge < -0.3 is 0 Å². The Morgan fingerprint density at radius 1 is 0.458 bits per heavy atom. The smallest absolute Gasteiger partial charge is 0.0134 e. The summed E-state index contributed by atoms with van der Waals surface area (Å²) in [4.78, 5) is 0. The molecule has 0 bridgehead atoms. The van der Waals surface area contributed by atoms with E-state index < -0.39 is 21.8 Å². The number of hydrogen-bond acceptors (Lipinski definition) is 0. The van der Waals surface area contributed by atoms with Crippen molar-refractivity contribution < 1.29 is 0 Å². The monoisotopic (exact) mass is 522 g/mol. The van der Waals surface area contributed by atoms with Crippen LogP contribution in [0, 0.1) is 0 Å². The van der Waals surface area contributed by atoms with E-state index in [9.17, 15) is 0 Å². The Labute approximate surface area is 163 Å². The zero-order valence-electron chi connectivity index (χ0n) is 12.6. The molecule has 6 heteroatoms. The van der Waals surface area contributed by atoms with Gasteiger partial charge in [0, 0.05) is 0 Å². The van der Waals surface area contributed by atoms with Crippen LogP contribution in [0.4, 0.5) is 0 Å². The van der Waals surface area contributed by atoms with Gasteiger partial charge in [-0.25, -0.2) is 0 Å². The third kappa shape index (κ3) is 7.52. The van der Waals surface area contributed by atoms with Crippen molar-refractivity contribution in [3.8, 4) is 0 Å². The molecule has 0 aliphatic carbocycles. The molecule has 24 heavy (non-hydrogen) atoms. The van der Waals surface area contributed by atoms with Crippen LogP contribution in [-0.4, -0.2) is 13.9 Å². The van der Waals surface area contributed by atoms with Gasteiger partial charge in [0.1, 0.15) is 0 Å². The Bertz CT molecular complexity index is 618. The van der Waals surface area contributed by atoms with Crippen LogP contribution in [-0.2, 0) is 0 Å².